The monoisotopic (exact) mass is 426 g/mol. The lowest BCUT2D eigenvalue weighted by Gasteiger charge is -2.11. The number of carboxylic acid groups (broad SMARTS) is 1. The minimum Gasteiger partial charge on any atom is -0.481 e. The zero-order chi connectivity index (χ0) is 20.6. The van der Waals surface area contributed by atoms with E-state index in [1.807, 2.05) is 37.3 Å². The third-order valence-electron chi connectivity index (χ3n) is 4.53. The number of carboxylic acids is 1. The number of sulfonamides is 1. The molecule has 4 rings (SSSR count). The Kier molecular flexibility index (Phi) is 4.97. The van der Waals surface area contributed by atoms with Crippen LogP contribution in [0.5, 0.6) is 0 Å². The van der Waals surface area contributed by atoms with E-state index in [1.165, 1.54) is 0 Å². The van der Waals surface area contributed by atoms with Crippen molar-refractivity contribution in [3.63, 3.8) is 0 Å². The quantitative estimate of drug-likeness (QED) is 0.391. The van der Waals surface area contributed by atoms with Gasteiger partial charge < -0.3 is 10.1 Å². The number of fused-ring (bicyclic) bond motifs is 3. The van der Waals surface area contributed by atoms with Crippen molar-refractivity contribution >= 4 is 55.2 Å². The fraction of sp³-hybridized carbons (Fsp3) is 0.0952. The summed E-state index contributed by atoms with van der Waals surface area (Å²) in [5, 5.41) is 10.8. The number of aromatic amines is 1. The summed E-state index contributed by atoms with van der Waals surface area (Å²) in [6.45, 7) is 1.89. The zero-order valence-corrected chi connectivity index (χ0v) is 17.1. The van der Waals surface area contributed by atoms with Crippen LogP contribution in [0.1, 0.15) is 5.56 Å². The number of carbonyl (C=O) groups is 1. The first-order valence-corrected chi connectivity index (χ1v) is 11.3. The number of thioether (sulfide) groups is 1. The number of aryl methyl sites for hydroxylation is 1. The second-order valence-corrected chi connectivity index (χ2v) is 9.40. The molecule has 3 aromatic carbocycles. The molecule has 148 valence electrons. The molecule has 8 heteroatoms. The molecule has 0 bridgehead atoms. The maximum atomic E-state index is 12.9. The maximum Gasteiger partial charge on any atom is 0.313 e. The average Bonchev–Trinajstić information content (AvgIpc) is 3.06. The highest BCUT2D eigenvalue weighted by Crippen LogP contribution is 2.36. The first-order valence-electron chi connectivity index (χ1n) is 8.82. The highest BCUT2D eigenvalue weighted by atomic mass is 32.2. The van der Waals surface area contributed by atoms with Crippen molar-refractivity contribution in [2.75, 3.05) is 10.5 Å². The van der Waals surface area contributed by atoms with Crippen LogP contribution in [0.2, 0.25) is 0 Å². The molecule has 0 radical (unpaired) electrons. The standard InChI is InChI=1S/C21H18N2O4S2/c1-13-6-8-15(9-7-13)29(26,27)23-19-11-14(28-12-20(24)25)10-17-16-4-2-3-5-18(16)22-21(17)19/h2-11,22-23H,12H2,1H3,(H,24,25). The van der Waals surface area contributed by atoms with Gasteiger partial charge in [0.2, 0.25) is 0 Å². The van der Waals surface area contributed by atoms with E-state index >= 15 is 0 Å². The molecule has 1 heterocycles. The molecule has 0 aliphatic heterocycles. The van der Waals surface area contributed by atoms with E-state index < -0.39 is 16.0 Å². The number of hydrogen-bond donors (Lipinski definition) is 3. The summed E-state index contributed by atoms with van der Waals surface area (Å²) in [5.74, 6) is -1.05. The molecule has 0 atom stereocenters. The van der Waals surface area contributed by atoms with Crippen LogP contribution in [0.3, 0.4) is 0 Å². The molecule has 3 N–H and O–H groups in total. The predicted octanol–water partition coefficient (Wildman–Crippen LogP) is 4.61. The summed E-state index contributed by atoms with van der Waals surface area (Å²) >= 11 is 1.15. The van der Waals surface area contributed by atoms with E-state index in [-0.39, 0.29) is 10.6 Å². The number of benzene rings is 3. The van der Waals surface area contributed by atoms with Gasteiger partial charge in [-0.1, -0.05) is 35.9 Å². The summed E-state index contributed by atoms with van der Waals surface area (Å²) < 4.78 is 28.5. The smallest absolute Gasteiger partial charge is 0.313 e. The van der Waals surface area contributed by atoms with E-state index in [1.54, 1.807) is 30.3 Å². The minimum absolute atomic E-state index is 0.113. The van der Waals surface area contributed by atoms with Gasteiger partial charge in [0.05, 0.1) is 21.9 Å². The molecular formula is C21H18N2O4S2. The molecule has 0 aliphatic carbocycles. The number of aromatic nitrogens is 1. The molecule has 6 nitrogen and oxygen atoms in total. The Morgan fingerprint density at radius 2 is 1.79 bits per heavy atom. The predicted molar refractivity (Wildman–Crippen MR) is 116 cm³/mol. The fourth-order valence-corrected chi connectivity index (χ4v) is 4.91. The molecular weight excluding hydrogens is 408 g/mol. The van der Waals surface area contributed by atoms with E-state index in [2.05, 4.69) is 9.71 Å². The molecule has 0 unspecified atom stereocenters. The molecule has 0 fully saturated rings. The topological polar surface area (TPSA) is 99.3 Å². The number of H-pyrrole nitrogens is 1. The van der Waals surface area contributed by atoms with Gasteiger partial charge in [0.25, 0.3) is 10.0 Å². The van der Waals surface area contributed by atoms with Crippen molar-refractivity contribution < 1.29 is 18.3 Å². The minimum atomic E-state index is -3.80. The Morgan fingerprint density at radius 1 is 1.07 bits per heavy atom. The van der Waals surface area contributed by atoms with Crippen molar-refractivity contribution in [1.82, 2.24) is 4.98 Å². The molecule has 0 amide bonds. The third-order valence-corrected chi connectivity index (χ3v) is 6.87. The Labute approximate surface area is 172 Å². The molecule has 0 spiro atoms. The molecule has 0 saturated carbocycles. The first kappa shape index (κ1) is 19.4. The Hall–Kier alpha value is -2.97. The largest absolute Gasteiger partial charge is 0.481 e. The highest BCUT2D eigenvalue weighted by molar-refractivity contribution is 8.00. The van der Waals surface area contributed by atoms with Gasteiger partial charge in [-0.15, -0.1) is 11.8 Å². The number of hydrogen-bond acceptors (Lipinski definition) is 4. The average molecular weight is 427 g/mol. The van der Waals surface area contributed by atoms with Gasteiger partial charge >= 0.3 is 5.97 Å². The van der Waals surface area contributed by atoms with Crippen LogP contribution in [-0.4, -0.2) is 30.2 Å². The summed E-state index contributed by atoms with van der Waals surface area (Å²) in [7, 11) is -3.80. The van der Waals surface area contributed by atoms with Crippen LogP contribution in [0.25, 0.3) is 21.8 Å². The van der Waals surface area contributed by atoms with Crippen LogP contribution < -0.4 is 4.72 Å². The van der Waals surface area contributed by atoms with Crippen LogP contribution >= 0.6 is 11.8 Å². The van der Waals surface area contributed by atoms with Gasteiger partial charge in [-0.05, 0) is 37.3 Å². The van der Waals surface area contributed by atoms with Crippen molar-refractivity contribution in [2.24, 2.45) is 0 Å². The van der Waals surface area contributed by atoms with Gasteiger partial charge in [-0.3, -0.25) is 9.52 Å². The molecule has 0 aliphatic rings. The Bertz CT molecular complexity index is 1330. The van der Waals surface area contributed by atoms with Crippen molar-refractivity contribution in [3.8, 4) is 0 Å². The van der Waals surface area contributed by atoms with Gasteiger partial charge in [-0.2, -0.15) is 0 Å². The van der Waals surface area contributed by atoms with Gasteiger partial charge in [0.15, 0.2) is 0 Å². The van der Waals surface area contributed by atoms with Crippen molar-refractivity contribution in [3.05, 3.63) is 66.2 Å². The van der Waals surface area contributed by atoms with Gasteiger partial charge in [0, 0.05) is 21.2 Å². The fourth-order valence-electron chi connectivity index (χ4n) is 3.15. The third kappa shape index (κ3) is 3.94. The molecule has 4 aromatic rings. The summed E-state index contributed by atoms with van der Waals surface area (Å²) in [6, 6.07) is 17.8. The molecule has 1 aromatic heterocycles. The van der Waals surface area contributed by atoms with Crippen LogP contribution in [-0.2, 0) is 14.8 Å². The number of anilines is 1. The normalized spacial score (nSPS) is 11.8. The van der Waals surface area contributed by atoms with Gasteiger partial charge in [-0.25, -0.2) is 8.42 Å². The second kappa shape index (κ2) is 7.46. The van der Waals surface area contributed by atoms with E-state index in [9.17, 15) is 13.2 Å². The Balaban J connectivity index is 1.85. The number of aliphatic carboxylic acids is 1. The number of rotatable bonds is 6. The first-order chi connectivity index (χ1) is 13.8. The lowest BCUT2D eigenvalue weighted by molar-refractivity contribution is -0.133. The zero-order valence-electron chi connectivity index (χ0n) is 15.5. The second-order valence-electron chi connectivity index (χ2n) is 6.66. The van der Waals surface area contributed by atoms with Gasteiger partial charge in [0.1, 0.15) is 0 Å². The lowest BCUT2D eigenvalue weighted by Crippen LogP contribution is -2.13. The lowest BCUT2D eigenvalue weighted by atomic mass is 10.1. The highest BCUT2D eigenvalue weighted by Gasteiger charge is 2.18. The van der Waals surface area contributed by atoms with Crippen LogP contribution in [0, 0.1) is 6.92 Å². The van der Waals surface area contributed by atoms with Crippen molar-refractivity contribution in [1.29, 1.82) is 0 Å². The van der Waals surface area contributed by atoms with Crippen LogP contribution in [0.15, 0.2) is 70.5 Å². The van der Waals surface area contributed by atoms with Crippen molar-refractivity contribution in [2.45, 2.75) is 16.7 Å². The van der Waals surface area contributed by atoms with E-state index in [4.69, 9.17) is 5.11 Å². The summed E-state index contributed by atoms with van der Waals surface area (Å²) in [6.07, 6.45) is 0. The maximum absolute atomic E-state index is 12.9. The molecule has 29 heavy (non-hydrogen) atoms. The van der Waals surface area contributed by atoms with E-state index in [0.29, 0.717) is 16.1 Å². The number of nitrogens with one attached hydrogen (secondary N) is 2. The summed E-state index contributed by atoms with van der Waals surface area (Å²) in [4.78, 5) is 15.1. The number of para-hydroxylation sites is 1. The van der Waals surface area contributed by atoms with E-state index in [0.717, 1.165) is 33.6 Å². The SMILES string of the molecule is Cc1ccc(S(=O)(=O)Nc2cc(SCC(=O)O)cc3c2[nH]c2ccccc23)cc1. The van der Waals surface area contributed by atoms with Crippen LogP contribution in [0.4, 0.5) is 5.69 Å². The Morgan fingerprint density at radius 3 is 2.52 bits per heavy atom. The molecule has 0 saturated heterocycles. The summed E-state index contributed by atoms with van der Waals surface area (Å²) in [5.41, 5.74) is 2.88.